The lowest BCUT2D eigenvalue weighted by atomic mass is 9.84. The molecular weight excluding hydrogens is 271 g/mol. The number of hydrogen-bond donors (Lipinski definition) is 2. The molecule has 2 unspecified atom stereocenters. The normalized spacial score (nSPS) is 16.9. The van der Waals surface area contributed by atoms with Crippen molar-refractivity contribution in [2.45, 2.75) is 51.1 Å². The van der Waals surface area contributed by atoms with Gasteiger partial charge in [-0.05, 0) is 38.0 Å². The van der Waals surface area contributed by atoms with Crippen LogP contribution < -0.4 is 10.5 Å². The highest BCUT2D eigenvalue weighted by molar-refractivity contribution is 5.34. The first-order chi connectivity index (χ1) is 9.12. The fourth-order valence-corrected chi connectivity index (χ4v) is 1.96. The molecule has 0 amide bonds. The molecule has 0 heterocycles. The average molecular weight is 291 g/mol. The zero-order valence-corrected chi connectivity index (χ0v) is 11.7. The predicted octanol–water partition coefficient (Wildman–Crippen LogP) is 2.96. The van der Waals surface area contributed by atoms with Gasteiger partial charge in [0, 0.05) is 6.04 Å². The van der Waals surface area contributed by atoms with Crippen LogP contribution in [0.25, 0.3) is 0 Å². The molecule has 0 bridgehead atoms. The lowest BCUT2D eigenvalue weighted by Gasteiger charge is -2.35. The van der Waals surface area contributed by atoms with E-state index < -0.39 is 17.8 Å². The van der Waals surface area contributed by atoms with Crippen molar-refractivity contribution in [3.8, 4) is 5.75 Å². The van der Waals surface area contributed by atoms with Crippen LogP contribution in [0.5, 0.6) is 5.75 Å². The Bertz CT molecular complexity index is 448. The fourth-order valence-electron chi connectivity index (χ4n) is 1.96. The molecular formula is C14H20F3NO2. The van der Waals surface area contributed by atoms with E-state index in [4.69, 9.17) is 10.5 Å². The van der Waals surface area contributed by atoms with Crippen molar-refractivity contribution < 1.29 is 23.0 Å². The van der Waals surface area contributed by atoms with Crippen molar-refractivity contribution in [2.75, 3.05) is 0 Å². The van der Waals surface area contributed by atoms with Gasteiger partial charge in [-0.15, -0.1) is 0 Å². The third-order valence-corrected chi connectivity index (χ3v) is 3.05. The summed E-state index contributed by atoms with van der Waals surface area (Å²) in [6, 6.07) is 3.89. The summed E-state index contributed by atoms with van der Waals surface area (Å²) in [5.74, 6) is 0.267. The van der Waals surface area contributed by atoms with Crippen LogP contribution in [0.15, 0.2) is 24.3 Å². The highest BCUT2D eigenvalue weighted by Crippen LogP contribution is 2.42. The summed E-state index contributed by atoms with van der Waals surface area (Å²) in [4.78, 5) is 0. The van der Waals surface area contributed by atoms with Crippen molar-refractivity contribution >= 4 is 0 Å². The average Bonchev–Trinajstić information content (AvgIpc) is 2.35. The Morgan fingerprint density at radius 1 is 1.30 bits per heavy atom. The Morgan fingerprint density at radius 3 is 2.35 bits per heavy atom. The Kier molecular flexibility index (Phi) is 5.05. The summed E-state index contributed by atoms with van der Waals surface area (Å²) in [6.07, 6.45) is -5.05. The van der Waals surface area contributed by atoms with Crippen molar-refractivity contribution in [3.05, 3.63) is 29.8 Å². The van der Waals surface area contributed by atoms with Crippen LogP contribution in [0.2, 0.25) is 0 Å². The monoisotopic (exact) mass is 291 g/mol. The number of rotatable bonds is 5. The second-order valence-electron chi connectivity index (χ2n) is 4.97. The number of hydrogen-bond acceptors (Lipinski definition) is 3. The molecule has 0 saturated heterocycles. The van der Waals surface area contributed by atoms with Crippen LogP contribution in [0.3, 0.4) is 0 Å². The third kappa shape index (κ3) is 3.24. The van der Waals surface area contributed by atoms with E-state index in [2.05, 4.69) is 0 Å². The maximum atomic E-state index is 13.3. The van der Waals surface area contributed by atoms with Crippen molar-refractivity contribution in [3.63, 3.8) is 0 Å². The first-order valence-corrected chi connectivity index (χ1v) is 6.44. The molecule has 0 radical (unpaired) electrons. The van der Waals surface area contributed by atoms with Gasteiger partial charge < -0.3 is 15.6 Å². The van der Waals surface area contributed by atoms with Gasteiger partial charge in [0.1, 0.15) is 5.75 Å². The minimum atomic E-state index is -4.86. The zero-order valence-electron chi connectivity index (χ0n) is 11.7. The first-order valence-electron chi connectivity index (χ1n) is 6.44. The van der Waals surface area contributed by atoms with Gasteiger partial charge in [0.25, 0.3) is 0 Å². The Labute approximate surface area is 116 Å². The number of halogens is 3. The van der Waals surface area contributed by atoms with Crippen molar-refractivity contribution in [1.82, 2.24) is 0 Å². The number of ether oxygens (including phenoxy) is 1. The minimum absolute atomic E-state index is 0.00866. The Morgan fingerprint density at radius 2 is 1.90 bits per heavy atom. The molecule has 0 aliphatic carbocycles. The quantitative estimate of drug-likeness (QED) is 0.877. The molecule has 3 N–H and O–H groups in total. The number of nitrogens with two attached hydrogens (primary N) is 1. The standard InChI is InChI=1S/C14H20F3NO2/c1-4-12(18)13(19,14(15,16)17)10-6-5-7-11(8-10)20-9(2)3/h5-9,12,19H,4,18H2,1-3H3. The SMILES string of the molecule is CCC(N)C(O)(c1cccc(OC(C)C)c1)C(F)(F)F. The van der Waals surface area contributed by atoms with Crippen LogP contribution in [-0.4, -0.2) is 23.4 Å². The van der Waals surface area contributed by atoms with Gasteiger partial charge >= 0.3 is 6.18 Å². The maximum Gasteiger partial charge on any atom is 0.423 e. The molecule has 1 aromatic rings. The molecule has 20 heavy (non-hydrogen) atoms. The predicted molar refractivity (Wildman–Crippen MR) is 70.4 cm³/mol. The maximum absolute atomic E-state index is 13.3. The molecule has 0 aliphatic rings. The van der Waals surface area contributed by atoms with Gasteiger partial charge in [0.15, 0.2) is 0 Å². The number of alkyl halides is 3. The van der Waals surface area contributed by atoms with Gasteiger partial charge in [-0.25, -0.2) is 0 Å². The summed E-state index contributed by atoms with van der Waals surface area (Å²) in [5, 5.41) is 10.1. The molecule has 1 rings (SSSR count). The molecule has 0 fully saturated rings. The Balaban J connectivity index is 3.29. The Hall–Kier alpha value is -1.27. The van der Waals surface area contributed by atoms with Crippen LogP contribution in [0.1, 0.15) is 32.8 Å². The lowest BCUT2D eigenvalue weighted by molar-refractivity contribution is -0.274. The third-order valence-electron chi connectivity index (χ3n) is 3.05. The zero-order chi connectivity index (χ0) is 15.6. The van der Waals surface area contributed by atoms with Crippen LogP contribution in [0, 0.1) is 0 Å². The number of benzene rings is 1. The first kappa shape index (κ1) is 16.8. The molecule has 2 atom stereocenters. The van der Waals surface area contributed by atoms with Gasteiger partial charge in [-0.2, -0.15) is 13.2 Å². The van der Waals surface area contributed by atoms with E-state index >= 15 is 0 Å². The second kappa shape index (κ2) is 6.01. The van der Waals surface area contributed by atoms with E-state index in [9.17, 15) is 18.3 Å². The van der Waals surface area contributed by atoms with Crippen LogP contribution in [0.4, 0.5) is 13.2 Å². The summed E-state index contributed by atoms with van der Waals surface area (Å²) >= 11 is 0. The van der Waals surface area contributed by atoms with E-state index in [0.717, 1.165) is 0 Å². The molecule has 114 valence electrons. The van der Waals surface area contributed by atoms with E-state index in [0.29, 0.717) is 0 Å². The lowest BCUT2D eigenvalue weighted by Crippen LogP contribution is -2.55. The minimum Gasteiger partial charge on any atom is -0.491 e. The molecule has 1 aromatic carbocycles. The largest absolute Gasteiger partial charge is 0.491 e. The van der Waals surface area contributed by atoms with Gasteiger partial charge in [0.05, 0.1) is 6.10 Å². The van der Waals surface area contributed by atoms with Crippen LogP contribution >= 0.6 is 0 Å². The summed E-state index contributed by atoms with van der Waals surface area (Å²) in [7, 11) is 0. The molecule has 0 aliphatic heterocycles. The van der Waals surface area contributed by atoms with E-state index in [1.54, 1.807) is 13.8 Å². The van der Waals surface area contributed by atoms with Crippen molar-refractivity contribution in [2.24, 2.45) is 5.73 Å². The highest BCUT2D eigenvalue weighted by Gasteiger charge is 2.58. The molecule has 3 nitrogen and oxygen atoms in total. The van der Waals surface area contributed by atoms with Crippen LogP contribution in [-0.2, 0) is 5.60 Å². The molecule has 6 heteroatoms. The second-order valence-corrected chi connectivity index (χ2v) is 4.97. The van der Waals surface area contributed by atoms with Gasteiger partial charge in [-0.3, -0.25) is 0 Å². The highest BCUT2D eigenvalue weighted by atomic mass is 19.4. The topological polar surface area (TPSA) is 55.5 Å². The van der Waals surface area contributed by atoms with E-state index in [1.165, 1.54) is 31.2 Å². The van der Waals surface area contributed by atoms with E-state index in [1.807, 2.05) is 0 Å². The smallest absolute Gasteiger partial charge is 0.423 e. The van der Waals surface area contributed by atoms with Crippen molar-refractivity contribution in [1.29, 1.82) is 0 Å². The number of aliphatic hydroxyl groups is 1. The summed E-state index contributed by atoms with van der Waals surface area (Å²) in [6.45, 7) is 5.02. The molecule has 0 aromatic heterocycles. The van der Waals surface area contributed by atoms with Gasteiger partial charge in [-0.1, -0.05) is 19.1 Å². The summed E-state index contributed by atoms with van der Waals surface area (Å²) in [5.41, 5.74) is 2.12. The molecule has 0 spiro atoms. The fraction of sp³-hybridized carbons (Fsp3) is 0.571. The van der Waals surface area contributed by atoms with Gasteiger partial charge in [0.2, 0.25) is 5.60 Å². The van der Waals surface area contributed by atoms with E-state index in [-0.39, 0.29) is 23.8 Å². The molecule has 0 saturated carbocycles. The summed E-state index contributed by atoms with van der Waals surface area (Å²) < 4.78 is 45.1.